The van der Waals surface area contributed by atoms with Crippen LogP contribution in [-0.4, -0.2) is 26.9 Å². The third kappa shape index (κ3) is 4.52. The van der Waals surface area contributed by atoms with Gasteiger partial charge in [0.15, 0.2) is 4.34 Å². The van der Waals surface area contributed by atoms with E-state index < -0.39 is 0 Å². The van der Waals surface area contributed by atoms with Crippen molar-refractivity contribution in [1.29, 1.82) is 0 Å². The molecule has 23 heavy (non-hydrogen) atoms. The number of rotatable bonds is 7. The molecule has 0 spiro atoms. The molecule has 0 unspecified atom stereocenters. The van der Waals surface area contributed by atoms with Crippen LogP contribution >= 0.6 is 39.0 Å². The Balaban J connectivity index is 1.60. The monoisotopic (exact) mass is 411 g/mol. The van der Waals surface area contributed by atoms with Crippen molar-refractivity contribution in [3.63, 3.8) is 0 Å². The predicted octanol–water partition coefficient (Wildman–Crippen LogP) is 4.46. The summed E-state index contributed by atoms with van der Waals surface area (Å²) in [6.45, 7) is 3.01. The molecule has 2 heterocycles. The highest BCUT2D eigenvalue weighted by Crippen LogP contribution is 2.28. The molecule has 0 aliphatic rings. The quantitative estimate of drug-likeness (QED) is 0.574. The van der Waals surface area contributed by atoms with Gasteiger partial charge in [-0.1, -0.05) is 63.2 Å². The first-order chi connectivity index (χ1) is 11.2. The number of aromatic nitrogens is 4. The smallest absolute Gasteiger partial charge is 0.237 e. The average molecular weight is 412 g/mol. The van der Waals surface area contributed by atoms with Gasteiger partial charge in [0.1, 0.15) is 0 Å². The predicted molar refractivity (Wildman–Crippen MR) is 95.7 cm³/mol. The summed E-state index contributed by atoms with van der Waals surface area (Å²) in [7, 11) is 0. The van der Waals surface area contributed by atoms with Crippen molar-refractivity contribution in [2.45, 2.75) is 23.4 Å². The largest absolute Gasteiger partial charge is 0.360 e. The molecule has 0 radical (unpaired) electrons. The first-order valence-electron chi connectivity index (χ1n) is 7.03. The highest BCUT2D eigenvalue weighted by atomic mass is 79.9. The molecule has 3 rings (SSSR count). The Bertz CT molecular complexity index is 776. The fourth-order valence-corrected chi connectivity index (χ4v) is 3.77. The Kier molecular flexibility index (Phi) is 5.63. The fourth-order valence-electron chi connectivity index (χ4n) is 1.75. The highest BCUT2D eigenvalue weighted by Gasteiger charge is 2.11. The van der Waals surface area contributed by atoms with Crippen molar-refractivity contribution in [2.24, 2.45) is 0 Å². The number of anilines is 1. The third-order valence-corrected chi connectivity index (χ3v) is 5.30. The molecule has 0 atom stereocenters. The van der Waals surface area contributed by atoms with E-state index in [1.807, 2.05) is 24.3 Å². The van der Waals surface area contributed by atoms with Crippen molar-refractivity contribution < 1.29 is 4.52 Å². The van der Waals surface area contributed by atoms with E-state index in [1.54, 1.807) is 0 Å². The molecule has 0 fully saturated rings. The Morgan fingerprint density at radius 1 is 1.35 bits per heavy atom. The summed E-state index contributed by atoms with van der Waals surface area (Å²) >= 11 is 6.51. The van der Waals surface area contributed by atoms with Gasteiger partial charge in [-0.2, -0.15) is 4.98 Å². The molecule has 1 aromatic carbocycles. The SMILES string of the molecule is CCCNc1nnc(SCc2nc(-c3cccc(Br)c3)no2)s1. The van der Waals surface area contributed by atoms with Crippen LogP contribution in [0.2, 0.25) is 0 Å². The molecule has 2 aromatic heterocycles. The van der Waals surface area contributed by atoms with Gasteiger partial charge in [-0.3, -0.25) is 0 Å². The van der Waals surface area contributed by atoms with Crippen LogP contribution in [-0.2, 0) is 5.75 Å². The number of hydrogen-bond donors (Lipinski definition) is 1. The average Bonchev–Trinajstić information content (AvgIpc) is 3.20. The maximum Gasteiger partial charge on any atom is 0.237 e. The molecule has 1 N–H and O–H groups in total. The lowest BCUT2D eigenvalue weighted by Gasteiger charge is -1.95. The molecule has 120 valence electrons. The Morgan fingerprint density at radius 2 is 2.26 bits per heavy atom. The standard InChI is InChI=1S/C14H14BrN5OS2/c1-2-6-16-13-18-19-14(23-13)22-8-11-17-12(20-21-11)9-4-3-5-10(15)7-9/h3-5,7H,2,6,8H2,1H3,(H,16,18). The lowest BCUT2D eigenvalue weighted by molar-refractivity contribution is 0.391. The molecule has 0 saturated carbocycles. The van der Waals surface area contributed by atoms with Gasteiger partial charge in [-0.15, -0.1) is 10.2 Å². The summed E-state index contributed by atoms with van der Waals surface area (Å²) in [6.07, 6.45) is 1.06. The van der Waals surface area contributed by atoms with Crippen LogP contribution in [0.25, 0.3) is 11.4 Å². The fraction of sp³-hybridized carbons (Fsp3) is 0.286. The number of halogens is 1. The van der Waals surface area contributed by atoms with Crippen molar-refractivity contribution >= 4 is 44.2 Å². The summed E-state index contributed by atoms with van der Waals surface area (Å²) in [5, 5.41) is 16.3. The second-order valence-corrected chi connectivity index (χ2v) is 7.73. The molecule has 0 saturated heterocycles. The minimum atomic E-state index is 0.572. The number of benzene rings is 1. The van der Waals surface area contributed by atoms with Gasteiger partial charge in [0.05, 0.1) is 5.75 Å². The third-order valence-electron chi connectivity index (χ3n) is 2.80. The van der Waals surface area contributed by atoms with Crippen LogP contribution in [0.4, 0.5) is 5.13 Å². The van der Waals surface area contributed by atoms with Crippen molar-refractivity contribution in [2.75, 3.05) is 11.9 Å². The van der Waals surface area contributed by atoms with E-state index >= 15 is 0 Å². The van der Waals surface area contributed by atoms with Crippen molar-refractivity contribution in [1.82, 2.24) is 20.3 Å². The van der Waals surface area contributed by atoms with E-state index in [9.17, 15) is 0 Å². The summed E-state index contributed by atoms with van der Waals surface area (Å²) in [5.41, 5.74) is 0.918. The maximum absolute atomic E-state index is 5.30. The van der Waals surface area contributed by atoms with E-state index in [2.05, 4.69) is 48.5 Å². The van der Waals surface area contributed by atoms with Gasteiger partial charge in [-0.05, 0) is 18.6 Å². The molecule has 6 nitrogen and oxygen atoms in total. The zero-order chi connectivity index (χ0) is 16.1. The minimum absolute atomic E-state index is 0.572. The summed E-state index contributed by atoms with van der Waals surface area (Å²) < 4.78 is 7.16. The number of nitrogens with zero attached hydrogens (tertiary/aromatic N) is 4. The molecule has 0 aliphatic carbocycles. The van der Waals surface area contributed by atoms with E-state index in [1.165, 1.54) is 23.1 Å². The molecular weight excluding hydrogens is 398 g/mol. The van der Waals surface area contributed by atoms with Gasteiger partial charge in [0.25, 0.3) is 0 Å². The lowest BCUT2D eigenvalue weighted by Crippen LogP contribution is -1.98. The van der Waals surface area contributed by atoms with Gasteiger partial charge >= 0.3 is 0 Å². The lowest BCUT2D eigenvalue weighted by atomic mass is 10.2. The van der Waals surface area contributed by atoms with E-state index in [0.717, 1.165) is 32.5 Å². The Hall–Kier alpha value is -1.45. The van der Waals surface area contributed by atoms with Gasteiger partial charge in [0.2, 0.25) is 16.8 Å². The normalized spacial score (nSPS) is 10.9. The molecule has 0 bridgehead atoms. The van der Waals surface area contributed by atoms with E-state index in [4.69, 9.17) is 4.52 Å². The Morgan fingerprint density at radius 3 is 3.09 bits per heavy atom. The minimum Gasteiger partial charge on any atom is -0.360 e. The number of thioether (sulfide) groups is 1. The van der Waals surface area contributed by atoms with Gasteiger partial charge < -0.3 is 9.84 Å². The first kappa shape index (κ1) is 16.4. The molecule has 0 aliphatic heterocycles. The summed E-state index contributed by atoms with van der Waals surface area (Å²) in [6, 6.07) is 7.80. The first-order valence-corrected chi connectivity index (χ1v) is 9.63. The zero-order valence-electron chi connectivity index (χ0n) is 12.3. The second kappa shape index (κ2) is 7.89. The summed E-state index contributed by atoms with van der Waals surface area (Å²) in [5.74, 6) is 1.73. The topological polar surface area (TPSA) is 76.7 Å². The zero-order valence-corrected chi connectivity index (χ0v) is 15.5. The number of nitrogens with one attached hydrogen (secondary N) is 1. The number of hydrogen-bond acceptors (Lipinski definition) is 8. The second-order valence-electron chi connectivity index (χ2n) is 4.61. The van der Waals surface area contributed by atoms with E-state index in [0.29, 0.717) is 17.5 Å². The van der Waals surface area contributed by atoms with Crippen molar-refractivity contribution in [3.8, 4) is 11.4 Å². The van der Waals surface area contributed by atoms with E-state index in [-0.39, 0.29) is 0 Å². The molecule has 3 aromatic rings. The van der Waals surface area contributed by atoms with Crippen LogP contribution in [0.15, 0.2) is 37.6 Å². The van der Waals surface area contributed by atoms with Crippen molar-refractivity contribution in [3.05, 3.63) is 34.6 Å². The van der Waals surface area contributed by atoms with Crippen LogP contribution in [0.1, 0.15) is 19.2 Å². The van der Waals surface area contributed by atoms with Crippen LogP contribution < -0.4 is 5.32 Å². The van der Waals surface area contributed by atoms with Crippen LogP contribution in [0.3, 0.4) is 0 Å². The highest BCUT2D eigenvalue weighted by molar-refractivity contribution is 9.10. The van der Waals surface area contributed by atoms with Gasteiger partial charge in [-0.25, -0.2) is 0 Å². The summed E-state index contributed by atoms with van der Waals surface area (Å²) in [4.78, 5) is 4.41. The van der Waals surface area contributed by atoms with Gasteiger partial charge in [0, 0.05) is 16.6 Å². The van der Waals surface area contributed by atoms with Crippen LogP contribution in [0, 0.1) is 0 Å². The van der Waals surface area contributed by atoms with Crippen LogP contribution in [0.5, 0.6) is 0 Å². The maximum atomic E-state index is 5.30. The molecular formula is C14H14BrN5OS2. The molecule has 0 amide bonds. The molecule has 9 heteroatoms. The Labute approximate surface area is 150 Å².